The molecule has 2 rings (SSSR count). The van der Waals surface area contributed by atoms with Crippen molar-refractivity contribution in [2.45, 2.75) is 32.1 Å². The Bertz CT molecular complexity index is 163. The van der Waals surface area contributed by atoms with Gasteiger partial charge >= 0.3 is 0 Å². The lowest BCUT2D eigenvalue weighted by atomic mass is 10.2. The van der Waals surface area contributed by atoms with Crippen molar-refractivity contribution in [2.75, 3.05) is 19.6 Å². The summed E-state index contributed by atoms with van der Waals surface area (Å²) in [5.74, 6) is 0. The minimum atomic E-state index is 1.26. The van der Waals surface area contributed by atoms with E-state index in [1.165, 1.54) is 51.7 Å². The molecule has 0 bridgehead atoms. The molecule has 2 nitrogen and oxygen atoms in total. The van der Waals surface area contributed by atoms with E-state index in [0.29, 0.717) is 0 Å². The predicted octanol–water partition coefficient (Wildman–Crippen LogP) is 1.26. The molecular formula is C9H17N2+. The second-order valence-electron chi connectivity index (χ2n) is 3.50. The van der Waals surface area contributed by atoms with Gasteiger partial charge in [-0.3, -0.25) is 0 Å². The van der Waals surface area contributed by atoms with Crippen molar-refractivity contribution < 1.29 is 4.68 Å². The molecule has 62 valence electrons. The molecule has 2 heterocycles. The molecule has 2 heteroatoms. The van der Waals surface area contributed by atoms with Crippen molar-refractivity contribution >= 4 is 6.21 Å². The summed E-state index contributed by atoms with van der Waals surface area (Å²) in [6.45, 7) is 3.84. The van der Waals surface area contributed by atoms with Gasteiger partial charge in [0.2, 0.25) is 0 Å². The molecule has 0 saturated carbocycles. The van der Waals surface area contributed by atoms with Gasteiger partial charge in [0.05, 0.1) is 13.1 Å². The van der Waals surface area contributed by atoms with Crippen LogP contribution in [0.5, 0.6) is 0 Å². The molecule has 0 atom stereocenters. The number of hydrogen-bond donors (Lipinski definition) is 0. The Hall–Kier alpha value is -0.530. The maximum Gasteiger partial charge on any atom is 0.171 e. The van der Waals surface area contributed by atoms with E-state index in [1.54, 1.807) is 0 Å². The molecule has 0 aliphatic carbocycles. The van der Waals surface area contributed by atoms with Gasteiger partial charge in [-0.25, -0.2) is 0 Å². The first-order valence-corrected chi connectivity index (χ1v) is 4.82. The minimum absolute atomic E-state index is 1.26. The van der Waals surface area contributed by atoms with Crippen LogP contribution in [0.4, 0.5) is 0 Å². The minimum Gasteiger partial charge on any atom is -0.186 e. The summed E-state index contributed by atoms with van der Waals surface area (Å²) in [7, 11) is 0. The Morgan fingerprint density at radius 2 is 1.91 bits per heavy atom. The fourth-order valence-corrected chi connectivity index (χ4v) is 1.98. The van der Waals surface area contributed by atoms with Gasteiger partial charge in [-0.1, -0.05) is 0 Å². The second kappa shape index (κ2) is 3.24. The highest BCUT2D eigenvalue weighted by Crippen LogP contribution is 2.10. The standard InChI is InChI=1S/C9H17N2/c1-2-6-10-8-4-5-9-11(10)7-3-1/h8H,1-7,9H2/q+1. The molecule has 11 heavy (non-hydrogen) atoms. The van der Waals surface area contributed by atoms with Crippen LogP contribution < -0.4 is 0 Å². The number of nitrogens with zero attached hydrogens (tertiary/aromatic N) is 2. The molecule has 2 aliphatic rings. The van der Waals surface area contributed by atoms with E-state index in [9.17, 15) is 0 Å². The second-order valence-corrected chi connectivity index (χ2v) is 3.50. The maximum atomic E-state index is 2.51. The van der Waals surface area contributed by atoms with Gasteiger partial charge in [-0.2, -0.15) is 5.01 Å². The van der Waals surface area contributed by atoms with Crippen LogP contribution in [0.3, 0.4) is 0 Å². The summed E-state index contributed by atoms with van der Waals surface area (Å²) in [5, 5.41) is 2.51. The van der Waals surface area contributed by atoms with E-state index in [1.807, 2.05) is 0 Å². The van der Waals surface area contributed by atoms with Gasteiger partial charge in [-0.15, -0.1) is 4.68 Å². The maximum absolute atomic E-state index is 2.51. The van der Waals surface area contributed by atoms with Crippen LogP contribution in [-0.2, 0) is 0 Å². The Morgan fingerprint density at radius 1 is 1.00 bits per heavy atom. The summed E-state index contributed by atoms with van der Waals surface area (Å²) in [6, 6.07) is 0. The summed E-state index contributed by atoms with van der Waals surface area (Å²) < 4.78 is 2.44. The van der Waals surface area contributed by atoms with Gasteiger partial charge in [0.1, 0.15) is 0 Å². The quantitative estimate of drug-likeness (QED) is 0.475. The summed E-state index contributed by atoms with van der Waals surface area (Å²) in [5.41, 5.74) is 0. The van der Waals surface area contributed by atoms with E-state index >= 15 is 0 Å². The Morgan fingerprint density at radius 3 is 2.91 bits per heavy atom. The van der Waals surface area contributed by atoms with E-state index in [2.05, 4.69) is 15.9 Å². The first-order valence-electron chi connectivity index (χ1n) is 4.82. The van der Waals surface area contributed by atoms with Gasteiger partial charge in [0.25, 0.3) is 0 Å². The lowest BCUT2D eigenvalue weighted by molar-refractivity contribution is -0.688. The number of fused-ring (bicyclic) bond motifs is 1. The Kier molecular flexibility index (Phi) is 2.11. The first kappa shape index (κ1) is 7.14. The van der Waals surface area contributed by atoms with Crippen molar-refractivity contribution in [1.29, 1.82) is 0 Å². The van der Waals surface area contributed by atoms with Crippen molar-refractivity contribution in [3.8, 4) is 0 Å². The van der Waals surface area contributed by atoms with Gasteiger partial charge in [0.15, 0.2) is 12.8 Å². The van der Waals surface area contributed by atoms with Crippen LogP contribution in [-0.4, -0.2) is 35.5 Å². The molecule has 0 aromatic carbocycles. The van der Waals surface area contributed by atoms with E-state index in [4.69, 9.17) is 0 Å². The van der Waals surface area contributed by atoms with Crippen LogP contribution in [0.2, 0.25) is 0 Å². The molecule has 1 saturated heterocycles. The van der Waals surface area contributed by atoms with Crippen LogP contribution in [0, 0.1) is 0 Å². The van der Waals surface area contributed by atoms with Crippen molar-refractivity contribution in [2.24, 2.45) is 0 Å². The summed E-state index contributed by atoms with van der Waals surface area (Å²) in [4.78, 5) is 0. The number of hydrogen-bond acceptors (Lipinski definition) is 1. The van der Waals surface area contributed by atoms with Crippen molar-refractivity contribution in [1.82, 2.24) is 5.01 Å². The molecule has 0 radical (unpaired) electrons. The zero-order valence-electron chi connectivity index (χ0n) is 7.13. The summed E-state index contributed by atoms with van der Waals surface area (Å²) >= 11 is 0. The lowest BCUT2D eigenvalue weighted by Crippen LogP contribution is -2.39. The van der Waals surface area contributed by atoms with Crippen molar-refractivity contribution in [3.63, 3.8) is 0 Å². The highest BCUT2D eigenvalue weighted by molar-refractivity contribution is 5.51. The fraction of sp³-hybridized carbons (Fsp3) is 0.889. The topological polar surface area (TPSA) is 6.25 Å². The van der Waals surface area contributed by atoms with Crippen LogP contribution >= 0.6 is 0 Å². The third-order valence-corrected chi connectivity index (χ3v) is 2.63. The Labute approximate surface area is 68.5 Å². The first-order chi connectivity index (χ1) is 5.47. The third-order valence-electron chi connectivity index (χ3n) is 2.63. The Balaban J connectivity index is 2.07. The van der Waals surface area contributed by atoms with Crippen molar-refractivity contribution in [3.05, 3.63) is 0 Å². The molecular weight excluding hydrogens is 136 g/mol. The SMILES string of the molecule is C1=[N+]2CCCCCN2CCC1. The van der Waals surface area contributed by atoms with E-state index in [0.717, 1.165) is 0 Å². The zero-order valence-corrected chi connectivity index (χ0v) is 7.13. The largest absolute Gasteiger partial charge is 0.186 e. The van der Waals surface area contributed by atoms with E-state index in [-0.39, 0.29) is 0 Å². The highest BCUT2D eigenvalue weighted by atomic mass is 15.6. The number of hydrazine groups is 1. The number of rotatable bonds is 0. The molecule has 1 fully saturated rings. The normalized spacial score (nSPS) is 25.5. The average Bonchev–Trinajstić information content (AvgIpc) is 2.28. The predicted molar refractivity (Wildman–Crippen MR) is 45.8 cm³/mol. The summed E-state index contributed by atoms with van der Waals surface area (Å²) in [6.07, 6.45) is 9.21. The fourth-order valence-electron chi connectivity index (χ4n) is 1.98. The van der Waals surface area contributed by atoms with Gasteiger partial charge in [0, 0.05) is 12.8 Å². The molecule has 0 aromatic heterocycles. The molecule has 0 N–H and O–H groups in total. The zero-order chi connectivity index (χ0) is 7.52. The van der Waals surface area contributed by atoms with Crippen LogP contribution in [0.25, 0.3) is 0 Å². The highest BCUT2D eigenvalue weighted by Gasteiger charge is 2.21. The molecule has 0 amide bonds. The average molecular weight is 153 g/mol. The molecule has 2 aliphatic heterocycles. The van der Waals surface area contributed by atoms with Crippen LogP contribution in [0.1, 0.15) is 32.1 Å². The van der Waals surface area contributed by atoms with Crippen LogP contribution in [0.15, 0.2) is 0 Å². The monoisotopic (exact) mass is 153 g/mol. The molecule has 0 spiro atoms. The van der Waals surface area contributed by atoms with Gasteiger partial charge in [-0.05, 0) is 19.3 Å². The van der Waals surface area contributed by atoms with E-state index < -0.39 is 0 Å². The molecule has 0 unspecified atom stereocenters. The van der Waals surface area contributed by atoms with Gasteiger partial charge < -0.3 is 0 Å². The lowest BCUT2D eigenvalue weighted by Gasteiger charge is -2.21. The smallest absolute Gasteiger partial charge is 0.171 e. The molecule has 0 aromatic rings. The third kappa shape index (κ3) is 1.55. The number of hydrazone groups is 1.